The molecule has 198 valence electrons. The smallest absolute Gasteiger partial charge is 0.223 e. The number of halogens is 1. The molecule has 37 heavy (non-hydrogen) atoms. The Bertz CT molecular complexity index is 1310. The molecular formula is C27H34ClN5O3S. The summed E-state index contributed by atoms with van der Waals surface area (Å²) in [6.07, 6.45) is 5.40. The molecule has 4 rings (SSSR count). The molecule has 0 radical (unpaired) electrons. The molecule has 1 saturated heterocycles. The van der Waals surface area contributed by atoms with Crippen molar-refractivity contribution in [3.63, 3.8) is 0 Å². The molecule has 0 atom stereocenters. The molecule has 1 aromatic heterocycles. The minimum Gasteiger partial charge on any atom is -0.506 e. The lowest BCUT2D eigenvalue weighted by Crippen LogP contribution is -2.46. The van der Waals surface area contributed by atoms with Crippen molar-refractivity contribution >= 4 is 27.6 Å². The molecule has 1 fully saturated rings. The van der Waals surface area contributed by atoms with E-state index in [4.69, 9.17) is 11.6 Å². The highest BCUT2D eigenvalue weighted by Crippen LogP contribution is 2.25. The zero-order chi connectivity index (χ0) is 26.4. The molecule has 0 unspecified atom stereocenters. The van der Waals surface area contributed by atoms with Crippen LogP contribution in [0.4, 0.5) is 5.95 Å². The van der Waals surface area contributed by atoms with Gasteiger partial charge in [-0.2, -0.15) is 4.31 Å². The van der Waals surface area contributed by atoms with Crippen molar-refractivity contribution < 1.29 is 13.5 Å². The number of phenolic OH excluding ortho intramolecular Hbond substituents is 1. The van der Waals surface area contributed by atoms with Crippen LogP contribution in [0, 0.1) is 0 Å². The zero-order valence-corrected chi connectivity index (χ0v) is 22.8. The molecule has 2 heterocycles. The summed E-state index contributed by atoms with van der Waals surface area (Å²) >= 11 is 5.99. The maximum Gasteiger partial charge on any atom is 0.223 e. The van der Waals surface area contributed by atoms with E-state index in [-0.39, 0.29) is 11.8 Å². The molecule has 0 amide bonds. The fourth-order valence-electron chi connectivity index (χ4n) is 4.68. The average molecular weight is 544 g/mol. The normalized spacial score (nSPS) is 15.2. The number of benzene rings is 2. The summed E-state index contributed by atoms with van der Waals surface area (Å²) in [5, 5.41) is 13.1. The average Bonchev–Trinajstić information content (AvgIpc) is 2.89. The number of rotatable bonds is 10. The second-order valence-corrected chi connectivity index (χ2v) is 11.7. The standard InChI is InChI=1S/C27H34ClN5O3S/c1-3-32-15-11-23(12-16-32)33(37(2,35)36)19-21-5-4-6-22(17-21)25-10-14-30-27(31-25)29-13-9-20-7-8-26(34)24(28)18-20/h4-8,10,14,17-18,23,34H,3,9,11-13,15-16,19H2,1-2H3,(H,29,30,31). The zero-order valence-electron chi connectivity index (χ0n) is 21.3. The van der Waals surface area contributed by atoms with Gasteiger partial charge in [0, 0.05) is 30.9 Å². The van der Waals surface area contributed by atoms with Crippen molar-refractivity contribution in [3.8, 4) is 17.0 Å². The molecule has 2 N–H and O–H groups in total. The Morgan fingerprint density at radius 2 is 1.92 bits per heavy atom. The lowest BCUT2D eigenvalue weighted by atomic mass is 10.0. The third kappa shape index (κ3) is 7.41. The van der Waals surface area contributed by atoms with Crippen LogP contribution in [-0.4, -0.2) is 71.2 Å². The van der Waals surface area contributed by atoms with Crippen LogP contribution < -0.4 is 5.32 Å². The van der Waals surface area contributed by atoms with E-state index < -0.39 is 10.0 Å². The molecule has 0 aliphatic carbocycles. The van der Waals surface area contributed by atoms with Gasteiger partial charge >= 0.3 is 0 Å². The van der Waals surface area contributed by atoms with Crippen LogP contribution in [-0.2, 0) is 23.0 Å². The third-order valence-electron chi connectivity index (χ3n) is 6.76. The number of phenols is 1. The van der Waals surface area contributed by atoms with Gasteiger partial charge in [0.05, 0.1) is 17.0 Å². The maximum absolute atomic E-state index is 12.7. The first-order valence-corrected chi connectivity index (χ1v) is 14.8. The molecule has 8 nitrogen and oxygen atoms in total. The number of piperidine rings is 1. The van der Waals surface area contributed by atoms with Crippen molar-refractivity contribution in [2.45, 2.75) is 38.8 Å². The van der Waals surface area contributed by atoms with E-state index >= 15 is 0 Å². The van der Waals surface area contributed by atoms with Crippen molar-refractivity contribution in [1.82, 2.24) is 19.2 Å². The molecule has 0 spiro atoms. The summed E-state index contributed by atoms with van der Waals surface area (Å²) in [5.41, 5.74) is 3.59. The Kier molecular flexibility index (Phi) is 9.02. The van der Waals surface area contributed by atoms with Gasteiger partial charge in [-0.05, 0) is 74.3 Å². The fourth-order valence-corrected chi connectivity index (χ4v) is 6.02. The monoisotopic (exact) mass is 543 g/mol. The van der Waals surface area contributed by atoms with Gasteiger partial charge in [0.2, 0.25) is 16.0 Å². The van der Waals surface area contributed by atoms with Crippen molar-refractivity contribution in [3.05, 3.63) is 70.9 Å². The Morgan fingerprint density at radius 1 is 1.14 bits per heavy atom. The molecule has 1 aliphatic rings. The van der Waals surface area contributed by atoms with E-state index in [1.807, 2.05) is 36.4 Å². The molecule has 2 aromatic carbocycles. The van der Waals surface area contributed by atoms with Crippen molar-refractivity contribution in [2.24, 2.45) is 0 Å². The molecule has 0 saturated carbocycles. The minimum absolute atomic E-state index is 0.0137. The lowest BCUT2D eigenvalue weighted by molar-refractivity contribution is 0.162. The number of nitrogens with one attached hydrogen (secondary N) is 1. The number of hydrogen-bond donors (Lipinski definition) is 2. The molecule has 0 bridgehead atoms. The SMILES string of the molecule is CCN1CCC(N(Cc2cccc(-c3ccnc(NCCc4ccc(O)c(Cl)c4)n3)c2)S(C)(=O)=O)CC1. The number of hydrogen-bond acceptors (Lipinski definition) is 7. The van der Waals surface area contributed by atoms with Crippen LogP contribution in [0.5, 0.6) is 5.75 Å². The van der Waals surface area contributed by atoms with E-state index in [9.17, 15) is 13.5 Å². The fraction of sp³-hybridized carbons (Fsp3) is 0.407. The number of nitrogens with zero attached hydrogens (tertiary/aromatic N) is 4. The largest absolute Gasteiger partial charge is 0.506 e. The van der Waals surface area contributed by atoms with E-state index in [0.29, 0.717) is 30.5 Å². The summed E-state index contributed by atoms with van der Waals surface area (Å²) in [4.78, 5) is 11.3. The maximum atomic E-state index is 12.7. The van der Waals surface area contributed by atoms with Crippen molar-refractivity contribution in [1.29, 1.82) is 0 Å². The minimum atomic E-state index is -3.35. The topological polar surface area (TPSA) is 98.7 Å². The van der Waals surface area contributed by atoms with Gasteiger partial charge < -0.3 is 15.3 Å². The van der Waals surface area contributed by atoms with Crippen LogP contribution >= 0.6 is 11.6 Å². The Labute approximate surface area is 224 Å². The summed E-state index contributed by atoms with van der Waals surface area (Å²) in [7, 11) is -3.35. The summed E-state index contributed by atoms with van der Waals surface area (Å²) in [6.45, 7) is 5.92. The second-order valence-electron chi connectivity index (χ2n) is 9.40. The number of sulfonamides is 1. The van der Waals surface area contributed by atoms with E-state index in [0.717, 1.165) is 54.9 Å². The Balaban J connectivity index is 1.43. The van der Waals surface area contributed by atoms with Gasteiger partial charge in [-0.3, -0.25) is 0 Å². The highest BCUT2D eigenvalue weighted by atomic mass is 35.5. The van der Waals surface area contributed by atoms with Gasteiger partial charge in [0.15, 0.2) is 0 Å². The Hall–Kier alpha value is -2.72. The predicted octanol–water partition coefficient (Wildman–Crippen LogP) is 4.40. The first kappa shape index (κ1) is 27.3. The second kappa shape index (κ2) is 12.2. The van der Waals surface area contributed by atoms with Crippen LogP contribution in [0.3, 0.4) is 0 Å². The number of likely N-dealkylation sites (tertiary alicyclic amines) is 1. The summed E-state index contributed by atoms with van der Waals surface area (Å²) < 4.78 is 27.0. The van der Waals surface area contributed by atoms with Gasteiger partial charge in [0.1, 0.15) is 5.75 Å². The first-order chi connectivity index (χ1) is 17.7. The van der Waals surface area contributed by atoms with Crippen LogP contribution in [0.1, 0.15) is 30.9 Å². The van der Waals surface area contributed by atoms with Crippen molar-refractivity contribution in [2.75, 3.05) is 37.8 Å². The molecule has 1 aliphatic heterocycles. The number of aromatic hydroxyl groups is 1. The molecular weight excluding hydrogens is 510 g/mol. The van der Waals surface area contributed by atoms with Gasteiger partial charge in [0.25, 0.3) is 0 Å². The summed E-state index contributed by atoms with van der Waals surface area (Å²) in [5.74, 6) is 0.575. The van der Waals surface area contributed by atoms with E-state index in [1.54, 1.807) is 22.6 Å². The molecule has 10 heteroatoms. The predicted molar refractivity (Wildman–Crippen MR) is 148 cm³/mol. The summed E-state index contributed by atoms with van der Waals surface area (Å²) in [6, 6.07) is 14.9. The number of anilines is 1. The van der Waals surface area contributed by atoms with Gasteiger partial charge in [-0.15, -0.1) is 0 Å². The Morgan fingerprint density at radius 3 is 2.62 bits per heavy atom. The highest BCUT2D eigenvalue weighted by molar-refractivity contribution is 7.88. The highest BCUT2D eigenvalue weighted by Gasteiger charge is 2.30. The van der Waals surface area contributed by atoms with E-state index in [2.05, 4.69) is 27.1 Å². The quantitative estimate of drug-likeness (QED) is 0.391. The van der Waals surface area contributed by atoms with Crippen LogP contribution in [0.15, 0.2) is 54.7 Å². The van der Waals surface area contributed by atoms with Gasteiger partial charge in [-0.1, -0.05) is 42.8 Å². The lowest BCUT2D eigenvalue weighted by Gasteiger charge is -2.37. The van der Waals surface area contributed by atoms with E-state index in [1.165, 1.54) is 6.26 Å². The van der Waals surface area contributed by atoms with Gasteiger partial charge in [-0.25, -0.2) is 18.4 Å². The number of aromatic nitrogens is 2. The first-order valence-electron chi connectivity index (χ1n) is 12.6. The van der Waals surface area contributed by atoms with Crippen LogP contribution in [0.25, 0.3) is 11.3 Å². The molecule has 3 aromatic rings. The third-order valence-corrected chi connectivity index (χ3v) is 8.35. The van der Waals surface area contributed by atoms with Crippen LogP contribution in [0.2, 0.25) is 5.02 Å².